The van der Waals surface area contributed by atoms with Crippen molar-refractivity contribution in [3.05, 3.63) is 29.3 Å². The fourth-order valence-electron chi connectivity index (χ4n) is 1.93. The Hall–Kier alpha value is -1.30. The third kappa shape index (κ3) is 2.75. The van der Waals surface area contributed by atoms with Crippen LogP contribution in [0, 0.1) is 29.2 Å². The number of rotatable bonds is 3. The van der Waals surface area contributed by atoms with Crippen molar-refractivity contribution in [3.8, 4) is 0 Å². The number of benzene rings is 1. The summed E-state index contributed by atoms with van der Waals surface area (Å²) >= 11 is 0. The Labute approximate surface area is 102 Å². The van der Waals surface area contributed by atoms with Crippen molar-refractivity contribution >= 4 is 5.69 Å². The zero-order chi connectivity index (χ0) is 13.1. The van der Waals surface area contributed by atoms with E-state index in [1.54, 1.807) is 0 Å². The van der Waals surface area contributed by atoms with Crippen LogP contribution in [0.3, 0.4) is 0 Å². The highest BCUT2D eigenvalue weighted by Crippen LogP contribution is 2.25. The second-order valence-electron chi connectivity index (χ2n) is 4.28. The Morgan fingerprint density at radius 1 is 1.06 bits per heavy atom. The fourth-order valence-corrected chi connectivity index (χ4v) is 1.93. The molecule has 100 valence electrons. The van der Waals surface area contributed by atoms with E-state index in [1.165, 1.54) is 0 Å². The zero-order valence-corrected chi connectivity index (χ0v) is 9.61. The lowest BCUT2D eigenvalue weighted by molar-refractivity contribution is 0.0699. The van der Waals surface area contributed by atoms with Gasteiger partial charge in [0.2, 0.25) is 0 Å². The average molecular weight is 263 g/mol. The molecule has 1 saturated heterocycles. The lowest BCUT2D eigenvalue weighted by atomic mass is 10.0. The van der Waals surface area contributed by atoms with Gasteiger partial charge in [-0.15, -0.1) is 0 Å². The van der Waals surface area contributed by atoms with E-state index in [2.05, 4.69) is 5.32 Å². The topological polar surface area (TPSA) is 21.3 Å². The molecule has 0 aromatic heterocycles. The van der Waals surface area contributed by atoms with Crippen LogP contribution in [0.25, 0.3) is 0 Å². The molecule has 1 aliphatic rings. The molecule has 1 fully saturated rings. The summed E-state index contributed by atoms with van der Waals surface area (Å²) in [7, 11) is 0. The van der Waals surface area contributed by atoms with Gasteiger partial charge in [-0.05, 0) is 18.8 Å². The van der Waals surface area contributed by atoms with Crippen LogP contribution < -0.4 is 5.32 Å². The van der Waals surface area contributed by atoms with Crippen LogP contribution in [0.4, 0.5) is 23.2 Å². The largest absolute Gasteiger partial charge is 0.381 e. The first-order valence-electron chi connectivity index (χ1n) is 5.74. The van der Waals surface area contributed by atoms with E-state index < -0.39 is 29.0 Å². The molecule has 1 heterocycles. The van der Waals surface area contributed by atoms with E-state index in [9.17, 15) is 17.6 Å². The number of nitrogens with one attached hydrogen (secondary N) is 1. The van der Waals surface area contributed by atoms with Gasteiger partial charge in [0, 0.05) is 25.8 Å². The van der Waals surface area contributed by atoms with Crippen LogP contribution in [0.15, 0.2) is 6.07 Å². The molecule has 0 amide bonds. The Kier molecular flexibility index (Phi) is 4.06. The molecule has 1 aliphatic heterocycles. The number of hydrogen-bond donors (Lipinski definition) is 1. The SMILES string of the molecule is Fc1cc(F)c(F)c(NCC2CCOCC2)c1F. The molecule has 1 N–H and O–H groups in total. The molecule has 0 unspecified atom stereocenters. The van der Waals surface area contributed by atoms with Gasteiger partial charge in [0.15, 0.2) is 23.3 Å². The Morgan fingerprint density at radius 3 is 2.17 bits per heavy atom. The molecule has 2 rings (SSSR count). The molecule has 6 heteroatoms. The van der Waals surface area contributed by atoms with E-state index in [4.69, 9.17) is 4.74 Å². The van der Waals surface area contributed by atoms with Crippen molar-refractivity contribution in [2.24, 2.45) is 5.92 Å². The van der Waals surface area contributed by atoms with Crippen LogP contribution in [0.1, 0.15) is 12.8 Å². The minimum absolute atomic E-state index is 0.184. The highest BCUT2D eigenvalue weighted by atomic mass is 19.2. The highest BCUT2D eigenvalue weighted by molar-refractivity contribution is 5.47. The molecule has 0 aliphatic carbocycles. The van der Waals surface area contributed by atoms with Crippen molar-refractivity contribution in [2.75, 3.05) is 25.1 Å². The highest BCUT2D eigenvalue weighted by Gasteiger charge is 2.20. The summed E-state index contributed by atoms with van der Waals surface area (Å²) in [5.74, 6) is -5.39. The average Bonchev–Trinajstić information content (AvgIpc) is 2.38. The molecule has 0 atom stereocenters. The molecule has 0 bridgehead atoms. The first kappa shape index (κ1) is 13.1. The number of ether oxygens (including phenoxy) is 1. The van der Waals surface area contributed by atoms with E-state index >= 15 is 0 Å². The second-order valence-corrected chi connectivity index (χ2v) is 4.28. The predicted octanol–water partition coefficient (Wildman–Crippen LogP) is 3.08. The van der Waals surface area contributed by atoms with Crippen molar-refractivity contribution in [1.29, 1.82) is 0 Å². The fraction of sp³-hybridized carbons (Fsp3) is 0.500. The van der Waals surface area contributed by atoms with Gasteiger partial charge in [-0.2, -0.15) is 0 Å². The maximum absolute atomic E-state index is 13.3. The molecular weight excluding hydrogens is 250 g/mol. The monoisotopic (exact) mass is 263 g/mol. The number of anilines is 1. The van der Waals surface area contributed by atoms with Gasteiger partial charge < -0.3 is 10.1 Å². The first-order valence-corrected chi connectivity index (χ1v) is 5.74. The van der Waals surface area contributed by atoms with Crippen molar-refractivity contribution in [3.63, 3.8) is 0 Å². The predicted molar refractivity (Wildman–Crippen MR) is 58.3 cm³/mol. The Balaban J connectivity index is 2.08. The number of halogens is 4. The minimum atomic E-state index is -1.40. The zero-order valence-electron chi connectivity index (χ0n) is 9.61. The van der Waals surface area contributed by atoms with E-state index in [0.29, 0.717) is 13.2 Å². The smallest absolute Gasteiger partial charge is 0.185 e. The van der Waals surface area contributed by atoms with E-state index in [1.807, 2.05) is 0 Å². The van der Waals surface area contributed by atoms with Crippen molar-refractivity contribution in [2.45, 2.75) is 12.8 Å². The van der Waals surface area contributed by atoms with Crippen molar-refractivity contribution < 1.29 is 22.3 Å². The molecule has 1 aromatic rings. The summed E-state index contributed by atoms with van der Waals surface area (Å²) in [5, 5.41) is 2.45. The summed E-state index contributed by atoms with van der Waals surface area (Å²) in [6.07, 6.45) is 1.52. The molecule has 0 spiro atoms. The van der Waals surface area contributed by atoms with Gasteiger partial charge in [0.25, 0.3) is 0 Å². The van der Waals surface area contributed by atoms with Gasteiger partial charge in [-0.3, -0.25) is 0 Å². The van der Waals surface area contributed by atoms with Crippen molar-refractivity contribution in [1.82, 2.24) is 0 Å². The van der Waals surface area contributed by atoms with E-state index in [-0.39, 0.29) is 18.5 Å². The second kappa shape index (κ2) is 5.56. The summed E-state index contributed by atoms with van der Waals surface area (Å²) in [6.45, 7) is 1.45. The van der Waals surface area contributed by atoms with Gasteiger partial charge >= 0.3 is 0 Å². The first-order chi connectivity index (χ1) is 8.59. The lowest BCUT2D eigenvalue weighted by Gasteiger charge is -2.23. The summed E-state index contributed by atoms with van der Waals surface area (Å²) in [5.41, 5.74) is -0.737. The molecule has 2 nitrogen and oxygen atoms in total. The van der Waals surface area contributed by atoms with Gasteiger partial charge in [-0.25, -0.2) is 17.6 Å². The molecule has 1 aromatic carbocycles. The molecule has 0 radical (unpaired) electrons. The molecule has 18 heavy (non-hydrogen) atoms. The maximum Gasteiger partial charge on any atom is 0.185 e. The summed E-state index contributed by atoms with van der Waals surface area (Å²) < 4.78 is 57.7. The Bertz CT molecular complexity index is 406. The van der Waals surface area contributed by atoms with Crippen LogP contribution >= 0.6 is 0 Å². The van der Waals surface area contributed by atoms with Gasteiger partial charge in [0.1, 0.15) is 5.69 Å². The molecular formula is C12H13F4NO. The van der Waals surface area contributed by atoms with Crippen LogP contribution in [0.5, 0.6) is 0 Å². The van der Waals surface area contributed by atoms with Gasteiger partial charge in [0.05, 0.1) is 0 Å². The van der Waals surface area contributed by atoms with Gasteiger partial charge in [-0.1, -0.05) is 0 Å². The maximum atomic E-state index is 13.3. The third-order valence-electron chi connectivity index (χ3n) is 3.02. The minimum Gasteiger partial charge on any atom is -0.381 e. The standard InChI is InChI=1S/C12H13F4NO/c13-8-5-9(14)11(16)12(10(8)15)17-6-7-1-3-18-4-2-7/h5,7,17H,1-4,6H2. The lowest BCUT2D eigenvalue weighted by Crippen LogP contribution is -2.23. The summed E-state index contributed by atoms with van der Waals surface area (Å²) in [6, 6.07) is 0.199. The molecule has 0 saturated carbocycles. The van der Waals surface area contributed by atoms with Crippen LogP contribution in [0.2, 0.25) is 0 Å². The summed E-state index contributed by atoms with van der Waals surface area (Å²) in [4.78, 5) is 0. The van der Waals surface area contributed by atoms with Crippen LogP contribution in [-0.4, -0.2) is 19.8 Å². The number of hydrogen-bond acceptors (Lipinski definition) is 2. The third-order valence-corrected chi connectivity index (χ3v) is 3.02. The van der Waals surface area contributed by atoms with E-state index in [0.717, 1.165) is 12.8 Å². The normalized spacial score (nSPS) is 16.9. The Morgan fingerprint density at radius 2 is 1.61 bits per heavy atom. The van der Waals surface area contributed by atoms with Crippen LogP contribution in [-0.2, 0) is 4.74 Å². The quantitative estimate of drug-likeness (QED) is 0.668.